The van der Waals surface area contributed by atoms with E-state index < -0.39 is 11.4 Å². The van der Waals surface area contributed by atoms with Gasteiger partial charge in [-0.15, -0.1) is 0 Å². The molecule has 0 radical (unpaired) electrons. The molecule has 3 fully saturated rings. The van der Waals surface area contributed by atoms with Crippen molar-refractivity contribution < 1.29 is 19.4 Å². The fourth-order valence-corrected chi connectivity index (χ4v) is 3.90. The highest BCUT2D eigenvalue weighted by molar-refractivity contribution is 6.04. The maximum Gasteiger partial charge on any atom is 0.319 e. The molecule has 5 nitrogen and oxygen atoms in total. The predicted molar refractivity (Wildman–Crippen MR) is 75.5 cm³/mol. The van der Waals surface area contributed by atoms with Crippen LogP contribution in [0.1, 0.15) is 18.4 Å². The Balaban J connectivity index is 1.84. The van der Waals surface area contributed by atoms with E-state index in [0.29, 0.717) is 32.5 Å². The second-order valence-electron chi connectivity index (χ2n) is 6.32. The van der Waals surface area contributed by atoms with Gasteiger partial charge in [0.1, 0.15) is 5.41 Å². The molecular formula is C16H19NO4. The van der Waals surface area contributed by atoms with E-state index in [1.165, 1.54) is 0 Å². The van der Waals surface area contributed by atoms with Crippen molar-refractivity contribution in [2.24, 2.45) is 10.8 Å². The number of nitrogens with zero attached hydrogens (tertiary/aromatic N) is 1. The molecule has 5 heteroatoms. The third-order valence-electron chi connectivity index (χ3n) is 4.65. The second kappa shape index (κ2) is 4.84. The Morgan fingerprint density at radius 2 is 2.00 bits per heavy atom. The van der Waals surface area contributed by atoms with Crippen LogP contribution in [0.25, 0.3) is 0 Å². The molecule has 1 saturated carbocycles. The molecule has 0 aromatic heterocycles. The number of ether oxygens (including phenoxy) is 1. The number of carboxylic acids is 1. The van der Waals surface area contributed by atoms with Gasteiger partial charge in [-0.05, 0) is 18.4 Å². The summed E-state index contributed by atoms with van der Waals surface area (Å²) < 4.78 is 5.25. The number of methoxy groups -OCH3 is 1. The second-order valence-corrected chi connectivity index (χ2v) is 6.32. The van der Waals surface area contributed by atoms with Crippen molar-refractivity contribution >= 4 is 11.9 Å². The molecule has 2 bridgehead atoms. The summed E-state index contributed by atoms with van der Waals surface area (Å²) in [4.78, 5) is 25.8. The zero-order chi connectivity index (χ0) is 15.1. The van der Waals surface area contributed by atoms with Crippen LogP contribution >= 0.6 is 0 Å². The minimum absolute atomic E-state index is 0.199. The van der Waals surface area contributed by atoms with Gasteiger partial charge in [-0.1, -0.05) is 30.3 Å². The van der Waals surface area contributed by atoms with Crippen molar-refractivity contribution in [3.8, 4) is 0 Å². The molecule has 3 aliphatic rings. The molecule has 21 heavy (non-hydrogen) atoms. The first-order valence-electron chi connectivity index (χ1n) is 7.07. The molecule has 1 N–H and O–H groups in total. The van der Waals surface area contributed by atoms with Gasteiger partial charge < -0.3 is 14.7 Å². The summed E-state index contributed by atoms with van der Waals surface area (Å²) in [6.07, 6.45) is 0.792. The number of hydrogen-bond donors (Lipinski definition) is 1. The number of rotatable bonds is 5. The lowest BCUT2D eigenvalue weighted by atomic mass is 9.49. The minimum atomic E-state index is -1.23. The summed E-state index contributed by atoms with van der Waals surface area (Å²) >= 11 is 0. The van der Waals surface area contributed by atoms with Gasteiger partial charge in [0.05, 0.1) is 6.61 Å². The number of piperidine rings is 2. The molecule has 1 aromatic carbocycles. The quantitative estimate of drug-likeness (QED) is 0.835. The standard InChI is InChI=1S/C16H19NO4/c1-21-11-15-8-16(9-15,14(19)20)13(18)17(10-15)7-12-5-3-2-4-6-12/h2-6H,7-11H2,1H3,(H,19,20). The van der Waals surface area contributed by atoms with E-state index in [4.69, 9.17) is 4.74 Å². The molecule has 2 aliphatic heterocycles. The zero-order valence-corrected chi connectivity index (χ0v) is 12.0. The first-order chi connectivity index (χ1) is 10.0. The van der Waals surface area contributed by atoms with Crippen LogP contribution in [0.15, 0.2) is 30.3 Å². The van der Waals surface area contributed by atoms with Crippen LogP contribution in [0.5, 0.6) is 0 Å². The van der Waals surface area contributed by atoms with Gasteiger partial charge in [-0.3, -0.25) is 9.59 Å². The van der Waals surface area contributed by atoms with E-state index in [2.05, 4.69) is 0 Å². The maximum absolute atomic E-state index is 12.6. The monoisotopic (exact) mass is 289 g/mol. The fourth-order valence-electron chi connectivity index (χ4n) is 3.90. The summed E-state index contributed by atoms with van der Waals surface area (Å²) in [5.74, 6) is -1.26. The van der Waals surface area contributed by atoms with Gasteiger partial charge in [-0.25, -0.2) is 0 Å². The molecule has 2 heterocycles. The van der Waals surface area contributed by atoms with E-state index in [1.807, 2.05) is 30.3 Å². The number of fused-ring (bicyclic) bond motifs is 2. The van der Waals surface area contributed by atoms with Crippen LogP contribution in [0, 0.1) is 10.8 Å². The number of aliphatic carboxylic acids is 1. The summed E-state index contributed by atoms with van der Waals surface area (Å²) in [6.45, 7) is 1.53. The first-order valence-corrected chi connectivity index (χ1v) is 7.07. The lowest BCUT2D eigenvalue weighted by Gasteiger charge is -2.60. The Kier molecular flexibility index (Phi) is 3.24. The molecular weight excluding hydrogens is 270 g/mol. The van der Waals surface area contributed by atoms with Gasteiger partial charge in [0.15, 0.2) is 0 Å². The van der Waals surface area contributed by atoms with E-state index in [9.17, 15) is 14.7 Å². The van der Waals surface area contributed by atoms with E-state index in [1.54, 1.807) is 12.0 Å². The predicted octanol–water partition coefficient (Wildman–Crippen LogP) is 1.53. The van der Waals surface area contributed by atoms with Crippen molar-refractivity contribution in [1.82, 2.24) is 4.90 Å². The molecule has 0 atom stereocenters. The minimum Gasteiger partial charge on any atom is -0.480 e. The molecule has 1 aliphatic carbocycles. The smallest absolute Gasteiger partial charge is 0.319 e. The third kappa shape index (κ3) is 2.12. The van der Waals surface area contributed by atoms with Crippen molar-refractivity contribution in [2.45, 2.75) is 19.4 Å². The zero-order valence-electron chi connectivity index (χ0n) is 12.0. The van der Waals surface area contributed by atoms with Crippen LogP contribution in [-0.2, 0) is 20.9 Å². The van der Waals surface area contributed by atoms with Crippen molar-refractivity contribution in [2.75, 3.05) is 20.3 Å². The van der Waals surface area contributed by atoms with Crippen LogP contribution in [-0.4, -0.2) is 42.1 Å². The van der Waals surface area contributed by atoms with Crippen molar-refractivity contribution in [3.05, 3.63) is 35.9 Å². The van der Waals surface area contributed by atoms with Crippen LogP contribution in [0.3, 0.4) is 0 Å². The highest BCUT2D eigenvalue weighted by atomic mass is 16.5. The lowest BCUT2D eigenvalue weighted by Crippen LogP contribution is -2.69. The van der Waals surface area contributed by atoms with Gasteiger partial charge in [-0.2, -0.15) is 0 Å². The number of carbonyl (C=O) groups excluding carboxylic acids is 1. The van der Waals surface area contributed by atoms with Crippen molar-refractivity contribution in [3.63, 3.8) is 0 Å². The summed E-state index contributed by atoms with van der Waals surface area (Å²) in [5, 5.41) is 9.48. The average molecular weight is 289 g/mol. The SMILES string of the molecule is COCC12CN(Cc3ccccc3)C(=O)C(C(=O)O)(C1)C2. The Labute approximate surface area is 123 Å². The number of carboxylic acid groups (broad SMARTS) is 1. The van der Waals surface area contributed by atoms with Crippen LogP contribution < -0.4 is 0 Å². The average Bonchev–Trinajstić information content (AvgIpc) is 2.42. The molecule has 1 aromatic rings. The number of carbonyl (C=O) groups is 2. The molecule has 0 unspecified atom stereocenters. The molecule has 112 valence electrons. The third-order valence-corrected chi connectivity index (χ3v) is 4.65. The normalized spacial score (nSPS) is 30.9. The number of hydrogen-bond acceptors (Lipinski definition) is 3. The van der Waals surface area contributed by atoms with Crippen LogP contribution in [0.4, 0.5) is 0 Å². The molecule has 4 rings (SSSR count). The topological polar surface area (TPSA) is 66.8 Å². The molecule has 1 amide bonds. The Hall–Kier alpha value is -1.88. The first kappa shape index (κ1) is 14.1. The number of benzene rings is 1. The van der Waals surface area contributed by atoms with E-state index >= 15 is 0 Å². The van der Waals surface area contributed by atoms with Gasteiger partial charge in [0.2, 0.25) is 5.91 Å². The highest BCUT2D eigenvalue weighted by Crippen LogP contribution is 2.59. The summed E-state index contributed by atoms with van der Waals surface area (Å²) in [5.41, 5.74) is -0.415. The lowest BCUT2D eigenvalue weighted by molar-refractivity contribution is -0.203. The largest absolute Gasteiger partial charge is 0.480 e. The fraction of sp³-hybridized carbons (Fsp3) is 0.500. The Bertz CT molecular complexity index is 563. The van der Waals surface area contributed by atoms with E-state index in [0.717, 1.165) is 5.56 Å². The maximum atomic E-state index is 12.6. The Morgan fingerprint density at radius 3 is 2.57 bits per heavy atom. The van der Waals surface area contributed by atoms with Gasteiger partial charge in [0, 0.05) is 25.6 Å². The molecule has 0 spiro atoms. The number of amides is 1. The van der Waals surface area contributed by atoms with Gasteiger partial charge in [0.25, 0.3) is 0 Å². The van der Waals surface area contributed by atoms with Crippen LogP contribution in [0.2, 0.25) is 0 Å². The molecule has 2 saturated heterocycles. The Morgan fingerprint density at radius 1 is 1.33 bits per heavy atom. The summed E-state index contributed by atoms with van der Waals surface area (Å²) in [7, 11) is 1.62. The van der Waals surface area contributed by atoms with Gasteiger partial charge >= 0.3 is 5.97 Å². The van der Waals surface area contributed by atoms with Crippen molar-refractivity contribution in [1.29, 1.82) is 0 Å². The van der Waals surface area contributed by atoms with E-state index in [-0.39, 0.29) is 11.3 Å². The highest BCUT2D eigenvalue weighted by Gasteiger charge is 2.68. The summed E-state index contributed by atoms with van der Waals surface area (Å²) in [6, 6.07) is 9.66.